The summed E-state index contributed by atoms with van der Waals surface area (Å²) in [5.41, 5.74) is 2.86. The van der Waals surface area contributed by atoms with Crippen molar-refractivity contribution in [1.29, 1.82) is 0 Å². The lowest BCUT2D eigenvalue weighted by molar-refractivity contribution is 0.304. The lowest BCUT2D eigenvalue weighted by atomic mass is 10.2. The molecule has 0 aliphatic heterocycles. The van der Waals surface area contributed by atoms with Gasteiger partial charge in [0.1, 0.15) is 6.61 Å². The van der Waals surface area contributed by atoms with Crippen LogP contribution in [0, 0.1) is 0 Å². The Kier molecular flexibility index (Phi) is 7.32. The molecular weight excluding hydrogens is 606 g/mol. The molecule has 0 aliphatic rings. The molecule has 0 amide bonds. The fourth-order valence-electron chi connectivity index (χ4n) is 3.66. The van der Waals surface area contributed by atoms with Gasteiger partial charge in [0.05, 0.1) is 26.6 Å². The lowest BCUT2D eigenvalue weighted by Gasteiger charge is -2.12. The fourth-order valence-corrected chi connectivity index (χ4v) is 4.91. The fraction of sp³-hybridized carbons (Fsp3) is 0.0357. The first kappa shape index (κ1) is 24.4. The standard InChI is InChI=1S/C28H18Br2ClN3O2/c29-21-12-10-18(11-13-21)17-36-26-23(30)14-19(15-24(26)31)16-32-34-27(20-6-2-1-3-7-20)33-25-9-5-4-8-22(25)28(34)35/h1-16H,17H2. The van der Waals surface area contributed by atoms with Crippen LogP contribution < -0.4 is 10.3 Å². The second-order valence-corrected chi connectivity index (χ2v) is 10.1. The van der Waals surface area contributed by atoms with Gasteiger partial charge in [-0.15, -0.1) is 0 Å². The number of halogens is 3. The summed E-state index contributed by atoms with van der Waals surface area (Å²) >= 11 is 13.5. The highest BCUT2D eigenvalue weighted by Crippen LogP contribution is 2.35. The number of aromatic nitrogens is 2. The van der Waals surface area contributed by atoms with Crippen molar-refractivity contribution < 1.29 is 4.74 Å². The molecule has 0 radical (unpaired) electrons. The van der Waals surface area contributed by atoms with E-state index in [9.17, 15) is 4.79 Å². The van der Waals surface area contributed by atoms with Gasteiger partial charge in [-0.05, 0) is 63.5 Å². The average molecular weight is 624 g/mol. The molecule has 36 heavy (non-hydrogen) atoms. The predicted octanol–water partition coefficient (Wildman–Crippen LogP) is 7.70. The molecule has 0 saturated heterocycles. The van der Waals surface area contributed by atoms with Crippen molar-refractivity contribution in [2.45, 2.75) is 6.61 Å². The number of ether oxygens (including phenoxy) is 1. The third-order valence-electron chi connectivity index (χ3n) is 5.43. The summed E-state index contributed by atoms with van der Waals surface area (Å²) in [7, 11) is 0. The van der Waals surface area contributed by atoms with E-state index < -0.39 is 0 Å². The molecule has 1 heterocycles. The minimum Gasteiger partial charge on any atom is -0.486 e. The topological polar surface area (TPSA) is 56.5 Å². The van der Waals surface area contributed by atoms with Gasteiger partial charge >= 0.3 is 0 Å². The molecular formula is C28H18Br2ClN3O2. The Hall–Kier alpha value is -3.26. The molecule has 0 fully saturated rings. The van der Waals surface area contributed by atoms with Crippen LogP contribution in [0.5, 0.6) is 5.75 Å². The number of nitrogens with zero attached hydrogens (tertiary/aromatic N) is 3. The normalized spacial score (nSPS) is 11.3. The van der Waals surface area contributed by atoms with E-state index in [1.807, 2.05) is 78.9 Å². The molecule has 0 unspecified atom stereocenters. The number of benzene rings is 4. The summed E-state index contributed by atoms with van der Waals surface area (Å²) in [4.78, 5) is 18.0. The first-order valence-corrected chi connectivity index (χ1v) is 12.9. The van der Waals surface area contributed by atoms with Crippen LogP contribution in [0.2, 0.25) is 5.02 Å². The van der Waals surface area contributed by atoms with Crippen LogP contribution in [0.3, 0.4) is 0 Å². The van der Waals surface area contributed by atoms with Crippen molar-refractivity contribution in [3.63, 3.8) is 0 Å². The highest BCUT2D eigenvalue weighted by atomic mass is 79.9. The minimum absolute atomic E-state index is 0.254. The Morgan fingerprint density at radius 2 is 1.67 bits per heavy atom. The van der Waals surface area contributed by atoms with Gasteiger partial charge in [0, 0.05) is 10.0 Å². The number of fused-ring (bicyclic) bond motifs is 1. The Balaban J connectivity index is 1.49. The van der Waals surface area contributed by atoms with Crippen molar-refractivity contribution in [3.8, 4) is 17.1 Å². The van der Waals surface area contributed by atoms with Gasteiger partial charge in [0.2, 0.25) is 0 Å². The first-order chi connectivity index (χ1) is 17.5. The molecule has 8 heteroatoms. The summed E-state index contributed by atoms with van der Waals surface area (Å²) in [6, 6.07) is 28.2. The van der Waals surface area contributed by atoms with Crippen LogP contribution >= 0.6 is 43.5 Å². The van der Waals surface area contributed by atoms with Crippen molar-refractivity contribution in [3.05, 3.63) is 126 Å². The molecule has 0 bridgehead atoms. The van der Waals surface area contributed by atoms with Crippen LogP contribution in [-0.2, 0) is 6.61 Å². The Labute approximate surface area is 229 Å². The molecule has 0 saturated carbocycles. The zero-order valence-electron chi connectivity index (χ0n) is 18.7. The van der Waals surface area contributed by atoms with E-state index in [4.69, 9.17) is 21.3 Å². The molecule has 0 N–H and O–H groups in total. The van der Waals surface area contributed by atoms with Gasteiger partial charge in [-0.1, -0.05) is 82.1 Å². The largest absolute Gasteiger partial charge is 0.486 e. The quantitative estimate of drug-likeness (QED) is 0.182. The maximum atomic E-state index is 13.3. The van der Waals surface area contributed by atoms with Crippen molar-refractivity contribution >= 4 is 60.6 Å². The molecule has 1 aromatic heterocycles. The Morgan fingerprint density at radius 3 is 2.42 bits per heavy atom. The van der Waals surface area contributed by atoms with Crippen molar-refractivity contribution in [1.82, 2.24) is 9.66 Å². The van der Waals surface area contributed by atoms with E-state index in [0.29, 0.717) is 44.1 Å². The monoisotopic (exact) mass is 621 g/mol. The summed E-state index contributed by atoms with van der Waals surface area (Å²) in [6.07, 6.45) is 1.58. The summed E-state index contributed by atoms with van der Waals surface area (Å²) in [5.74, 6) is 0.987. The van der Waals surface area contributed by atoms with Gasteiger partial charge < -0.3 is 4.74 Å². The van der Waals surface area contributed by atoms with E-state index in [1.54, 1.807) is 18.3 Å². The van der Waals surface area contributed by atoms with Crippen LogP contribution in [0.25, 0.3) is 22.3 Å². The van der Waals surface area contributed by atoms with Gasteiger partial charge in [-0.25, -0.2) is 4.98 Å². The number of hydrogen-bond acceptors (Lipinski definition) is 4. The van der Waals surface area contributed by atoms with Gasteiger partial charge in [-0.2, -0.15) is 9.78 Å². The third-order valence-corrected chi connectivity index (χ3v) is 6.82. The third kappa shape index (κ3) is 5.28. The van der Waals surface area contributed by atoms with Crippen molar-refractivity contribution in [2.24, 2.45) is 5.10 Å². The predicted molar refractivity (Wildman–Crippen MR) is 152 cm³/mol. The maximum absolute atomic E-state index is 13.3. The lowest BCUT2D eigenvalue weighted by Crippen LogP contribution is -2.20. The van der Waals surface area contributed by atoms with Crippen LogP contribution in [-0.4, -0.2) is 15.9 Å². The molecule has 0 aliphatic carbocycles. The molecule has 5 nitrogen and oxygen atoms in total. The summed E-state index contributed by atoms with van der Waals surface area (Å²) in [5, 5.41) is 5.43. The van der Waals surface area contributed by atoms with Crippen LogP contribution in [0.15, 0.2) is 110 Å². The number of para-hydroxylation sites is 1. The molecule has 5 rings (SSSR count). The van der Waals surface area contributed by atoms with Gasteiger partial charge in [0.25, 0.3) is 5.56 Å². The first-order valence-electron chi connectivity index (χ1n) is 11.0. The van der Waals surface area contributed by atoms with E-state index >= 15 is 0 Å². The van der Waals surface area contributed by atoms with E-state index in [1.165, 1.54) is 4.68 Å². The molecule has 0 atom stereocenters. The molecule has 178 valence electrons. The second-order valence-electron chi connectivity index (χ2n) is 7.91. The van der Waals surface area contributed by atoms with Crippen LogP contribution in [0.1, 0.15) is 11.1 Å². The second kappa shape index (κ2) is 10.8. The Bertz CT molecular complexity index is 1610. The van der Waals surface area contributed by atoms with E-state index in [2.05, 4.69) is 37.0 Å². The van der Waals surface area contributed by atoms with E-state index in [-0.39, 0.29) is 5.56 Å². The highest BCUT2D eigenvalue weighted by molar-refractivity contribution is 9.10. The average Bonchev–Trinajstić information content (AvgIpc) is 2.89. The Morgan fingerprint density at radius 1 is 0.944 bits per heavy atom. The molecule has 4 aromatic carbocycles. The zero-order chi connectivity index (χ0) is 25.1. The summed E-state index contributed by atoms with van der Waals surface area (Å²) in [6.45, 7) is 0.373. The maximum Gasteiger partial charge on any atom is 0.282 e. The van der Waals surface area contributed by atoms with E-state index in [0.717, 1.165) is 15.6 Å². The number of hydrogen-bond donors (Lipinski definition) is 0. The number of rotatable bonds is 6. The molecule has 5 aromatic rings. The highest BCUT2D eigenvalue weighted by Gasteiger charge is 2.13. The SMILES string of the molecule is O=c1c2ccccc2nc(-c2ccccc2)n1N=Cc1cc(Cl)c(OCc2ccc(Br)cc2)c(Br)c1. The minimum atomic E-state index is -0.254. The zero-order valence-corrected chi connectivity index (χ0v) is 22.7. The summed E-state index contributed by atoms with van der Waals surface area (Å²) < 4.78 is 8.95. The van der Waals surface area contributed by atoms with Gasteiger partial charge in [-0.3, -0.25) is 4.79 Å². The van der Waals surface area contributed by atoms with Crippen LogP contribution in [0.4, 0.5) is 0 Å². The molecule has 0 spiro atoms. The van der Waals surface area contributed by atoms with Gasteiger partial charge in [0.15, 0.2) is 11.6 Å². The van der Waals surface area contributed by atoms with Crippen molar-refractivity contribution in [2.75, 3.05) is 0 Å². The smallest absolute Gasteiger partial charge is 0.282 e.